The molecule has 0 radical (unpaired) electrons. The van der Waals surface area contributed by atoms with E-state index in [1.165, 1.54) is 5.56 Å². The van der Waals surface area contributed by atoms with Gasteiger partial charge in [0.25, 0.3) is 0 Å². The van der Waals surface area contributed by atoms with Crippen molar-refractivity contribution in [3.05, 3.63) is 47.5 Å². The van der Waals surface area contributed by atoms with Crippen molar-refractivity contribution in [2.45, 2.75) is 38.9 Å². The van der Waals surface area contributed by atoms with E-state index < -0.39 is 0 Å². The van der Waals surface area contributed by atoms with Crippen molar-refractivity contribution in [1.29, 1.82) is 0 Å². The molecule has 1 aromatic carbocycles. The number of hydrogen-bond acceptors (Lipinski definition) is 5. The summed E-state index contributed by atoms with van der Waals surface area (Å²) in [6.07, 6.45) is 2.95. The number of carbonyl (C=O) groups excluding carboxylic acids is 1. The molecule has 0 spiro atoms. The van der Waals surface area contributed by atoms with Crippen LogP contribution in [-0.2, 0) is 30.8 Å². The predicted molar refractivity (Wildman–Crippen MR) is 108 cm³/mol. The van der Waals surface area contributed by atoms with Crippen LogP contribution in [0, 0.1) is 5.92 Å². The van der Waals surface area contributed by atoms with Crippen LogP contribution in [0.3, 0.4) is 0 Å². The number of benzene rings is 1. The first-order valence-corrected chi connectivity index (χ1v) is 10.3. The van der Waals surface area contributed by atoms with Crippen LogP contribution >= 0.6 is 0 Å². The number of amides is 1. The van der Waals surface area contributed by atoms with E-state index in [0.717, 1.165) is 70.2 Å². The van der Waals surface area contributed by atoms with Crippen molar-refractivity contribution in [2.24, 2.45) is 5.92 Å². The second-order valence-electron chi connectivity index (χ2n) is 8.02. The van der Waals surface area contributed by atoms with Gasteiger partial charge in [-0.05, 0) is 32.0 Å². The molecule has 1 unspecified atom stereocenters. The average molecular weight is 383 g/mol. The van der Waals surface area contributed by atoms with Gasteiger partial charge in [0, 0.05) is 39.1 Å². The van der Waals surface area contributed by atoms with E-state index in [2.05, 4.69) is 67.3 Å². The van der Waals surface area contributed by atoms with Gasteiger partial charge in [0.15, 0.2) is 5.82 Å². The van der Waals surface area contributed by atoms with Gasteiger partial charge >= 0.3 is 0 Å². The summed E-state index contributed by atoms with van der Waals surface area (Å²) >= 11 is 0. The number of rotatable bonds is 5. The van der Waals surface area contributed by atoms with Crippen LogP contribution in [0.4, 0.5) is 0 Å². The molecule has 1 N–H and O–H groups in total. The molecule has 0 saturated carbocycles. The number of nitrogens with one attached hydrogen (secondary N) is 1. The highest BCUT2D eigenvalue weighted by atomic mass is 16.1. The lowest BCUT2D eigenvalue weighted by Gasteiger charge is -2.28. The molecule has 7 nitrogen and oxygen atoms in total. The molecule has 3 heterocycles. The number of likely N-dealkylation sites (tertiary alicyclic amines) is 1. The second kappa shape index (κ2) is 8.84. The zero-order valence-corrected chi connectivity index (χ0v) is 16.7. The Hall–Kier alpha value is -2.25. The molecule has 28 heavy (non-hydrogen) atoms. The number of piperidine rings is 1. The first-order valence-electron chi connectivity index (χ1n) is 10.3. The molecule has 2 aliphatic rings. The molecule has 2 aliphatic heterocycles. The Balaban J connectivity index is 1.33. The van der Waals surface area contributed by atoms with Crippen LogP contribution in [0.15, 0.2) is 30.3 Å². The zero-order valence-electron chi connectivity index (χ0n) is 16.7. The molecular formula is C21H30N6O. The number of hydrogen-bond donors (Lipinski definition) is 1. The SMILES string of the molecule is CN1CCCC(C(=O)NCc2nnc3n2CCN(Cc2ccccc2)CC3)C1. The highest BCUT2D eigenvalue weighted by molar-refractivity contribution is 5.78. The lowest BCUT2D eigenvalue weighted by Crippen LogP contribution is -2.41. The summed E-state index contributed by atoms with van der Waals surface area (Å²) < 4.78 is 2.19. The van der Waals surface area contributed by atoms with E-state index in [1.807, 2.05) is 0 Å². The van der Waals surface area contributed by atoms with Gasteiger partial charge < -0.3 is 14.8 Å². The molecule has 1 atom stereocenters. The Bertz CT molecular complexity index is 789. The molecule has 0 aliphatic carbocycles. The first-order chi connectivity index (χ1) is 13.7. The third kappa shape index (κ3) is 4.59. The maximum Gasteiger partial charge on any atom is 0.224 e. The first kappa shape index (κ1) is 19.1. The smallest absolute Gasteiger partial charge is 0.224 e. The summed E-state index contributed by atoms with van der Waals surface area (Å²) in [4.78, 5) is 17.2. The summed E-state index contributed by atoms with van der Waals surface area (Å²) in [5.74, 6) is 2.13. The minimum absolute atomic E-state index is 0.0895. The van der Waals surface area contributed by atoms with Crippen molar-refractivity contribution in [2.75, 3.05) is 33.2 Å². The lowest BCUT2D eigenvalue weighted by molar-refractivity contribution is -0.126. The minimum Gasteiger partial charge on any atom is -0.349 e. The van der Waals surface area contributed by atoms with Gasteiger partial charge in [-0.25, -0.2) is 0 Å². The fraction of sp³-hybridized carbons (Fsp3) is 0.571. The normalized spacial score (nSPS) is 21.1. The number of aromatic nitrogens is 3. The van der Waals surface area contributed by atoms with Crippen LogP contribution in [-0.4, -0.2) is 63.7 Å². The summed E-state index contributed by atoms with van der Waals surface area (Å²) in [5, 5.41) is 11.8. The average Bonchev–Trinajstić information content (AvgIpc) is 2.99. The van der Waals surface area contributed by atoms with Gasteiger partial charge in [-0.15, -0.1) is 10.2 Å². The summed E-state index contributed by atoms with van der Waals surface area (Å²) in [7, 11) is 2.08. The monoisotopic (exact) mass is 382 g/mol. The maximum atomic E-state index is 12.5. The van der Waals surface area contributed by atoms with E-state index in [4.69, 9.17) is 0 Å². The molecule has 1 fully saturated rings. The van der Waals surface area contributed by atoms with Gasteiger partial charge in [-0.3, -0.25) is 9.69 Å². The third-order valence-electron chi connectivity index (χ3n) is 5.86. The standard InChI is InChI=1S/C21H30N6O/c1-25-10-5-8-18(16-25)21(28)22-14-20-24-23-19-9-11-26(12-13-27(19)20)15-17-6-3-2-4-7-17/h2-4,6-7,18H,5,8-16H2,1H3,(H,22,28). The van der Waals surface area contributed by atoms with Crippen LogP contribution in [0.1, 0.15) is 30.1 Å². The van der Waals surface area contributed by atoms with Crippen LogP contribution in [0.2, 0.25) is 0 Å². The fourth-order valence-corrected chi connectivity index (χ4v) is 4.25. The van der Waals surface area contributed by atoms with E-state index in [9.17, 15) is 4.79 Å². The number of fused-ring (bicyclic) bond motifs is 1. The van der Waals surface area contributed by atoms with Gasteiger partial charge in [-0.1, -0.05) is 30.3 Å². The fourth-order valence-electron chi connectivity index (χ4n) is 4.25. The topological polar surface area (TPSA) is 66.3 Å². The number of carbonyl (C=O) groups is 1. The van der Waals surface area contributed by atoms with Crippen LogP contribution in [0.5, 0.6) is 0 Å². The largest absolute Gasteiger partial charge is 0.349 e. The molecule has 1 aromatic heterocycles. The van der Waals surface area contributed by atoms with Crippen molar-refractivity contribution in [3.8, 4) is 0 Å². The van der Waals surface area contributed by atoms with Crippen molar-refractivity contribution in [1.82, 2.24) is 29.9 Å². The summed E-state index contributed by atoms with van der Waals surface area (Å²) in [5.41, 5.74) is 1.34. The Morgan fingerprint density at radius 3 is 2.82 bits per heavy atom. The lowest BCUT2D eigenvalue weighted by atomic mass is 9.98. The molecule has 2 aromatic rings. The van der Waals surface area contributed by atoms with Gasteiger partial charge in [0.1, 0.15) is 5.82 Å². The maximum absolute atomic E-state index is 12.5. The summed E-state index contributed by atoms with van der Waals surface area (Å²) in [6.45, 7) is 6.17. The van der Waals surface area contributed by atoms with Crippen LogP contribution < -0.4 is 5.32 Å². The van der Waals surface area contributed by atoms with E-state index >= 15 is 0 Å². The van der Waals surface area contributed by atoms with E-state index in [0.29, 0.717) is 6.54 Å². The molecule has 1 amide bonds. The van der Waals surface area contributed by atoms with Gasteiger partial charge in [0.2, 0.25) is 5.91 Å². The Morgan fingerprint density at radius 2 is 2.00 bits per heavy atom. The Kier molecular flexibility index (Phi) is 6.02. The molecule has 4 rings (SSSR count). The Morgan fingerprint density at radius 1 is 1.14 bits per heavy atom. The third-order valence-corrected chi connectivity index (χ3v) is 5.86. The molecule has 0 bridgehead atoms. The van der Waals surface area contributed by atoms with Crippen molar-refractivity contribution in [3.63, 3.8) is 0 Å². The van der Waals surface area contributed by atoms with Crippen molar-refractivity contribution < 1.29 is 4.79 Å². The minimum atomic E-state index is 0.0895. The van der Waals surface area contributed by atoms with E-state index in [1.54, 1.807) is 0 Å². The zero-order chi connectivity index (χ0) is 19.3. The highest BCUT2D eigenvalue weighted by Crippen LogP contribution is 2.16. The summed E-state index contributed by atoms with van der Waals surface area (Å²) in [6, 6.07) is 10.6. The molecule has 7 heteroatoms. The molecule has 1 saturated heterocycles. The Labute approximate surface area is 166 Å². The predicted octanol–water partition coefficient (Wildman–Crippen LogP) is 1.29. The molecule has 150 valence electrons. The highest BCUT2D eigenvalue weighted by Gasteiger charge is 2.25. The van der Waals surface area contributed by atoms with Gasteiger partial charge in [-0.2, -0.15) is 0 Å². The molecular weight excluding hydrogens is 352 g/mol. The number of nitrogens with zero attached hydrogens (tertiary/aromatic N) is 5. The second-order valence-corrected chi connectivity index (χ2v) is 8.02. The van der Waals surface area contributed by atoms with E-state index in [-0.39, 0.29) is 11.8 Å². The van der Waals surface area contributed by atoms with Gasteiger partial charge in [0.05, 0.1) is 12.5 Å². The quantitative estimate of drug-likeness (QED) is 0.844. The van der Waals surface area contributed by atoms with Crippen molar-refractivity contribution >= 4 is 5.91 Å². The van der Waals surface area contributed by atoms with Crippen LogP contribution in [0.25, 0.3) is 0 Å².